The van der Waals surface area contributed by atoms with Crippen LogP contribution in [-0.2, 0) is 11.2 Å². The molecular weight excluding hydrogens is 306 g/mol. The average molecular weight is 323 g/mol. The molecule has 1 fully saturated rings. The molecule has 1 amide bonds. The lowest BCUT2D eigenvalue weighted by atomic mass is 9.84. The van der Waals surface area contributed by atoms with Crippen molar-refractivity contribution in [1.82, 2.24) is 10.1 Å². The highest BCUT2D eigenvalue weighted by Crippen LogP contribution is 2.28. The average Bonchev–Trinajstić information content (AvgIpc) is 3.18. The van der Waals surface area contributed by atoms with Crippen LogP contribution in [0.2, 0.25) is 0 Å². The SMILES string of the molecule is O=C(Nc1ccccc1Cc1nc(-c2ccco2)no1)C1CCC1. The van der Waals surface area contributed by atoms with E-state index in [-0.39, 0.29) is 11.8 Å². The first-order chi connectivity index (χ1) is 11.8. The van der Waals surface area contributed by atoms with Crippen LogP contribution in [-0.4, -0.2) is 16.0 Å². The number of amides is 1. The number of furan rings is 1. The van der Waals surface area contributed by atoms with E-state index in [0.717, 1.165) is 30.5 Å². The van der Waals surface area contributed by atoms with Crippen LogP contribution < -0.4 is 5.32 Å². The fraction of sp³-hybridized carbons (Fsp3) is 0.278. The molecular formula is C18H17N3O3. The van der Waals surface area contributed by atoms with E-state index in [0.29, 0.717) is 23.9 Å². The Morgan fingerprint density at radius 2 is 2.08 bits per heavy atom. The molecule has 0 saturated heterocycles. The number of nitrogens with one attached hydrogen (secondary N) is 1. The Bertz CT molecular complexity index is 835. The van der Waals surface area contributed by atoms with Crippen LogP contribution in [0.15, 0.2) is 51.6 Å². The third kappa shape index (κ3) is 2.95. The monoisotopic (exact) mass is 323 g/mol. The molecule has 0 bridgehead atoms. The Kier molecular flexibility index (Phi) is 3.86. The smallest absolute Gasteiger partial charge is 0.238 e. The van der Waals surface area contributed by atoms with Gasteiger partial charge in [-0.2, -0.15) is 4.98 Å². The molecule has 0 spiro atoms. The summed E-state index contributed by atoms with van der Waals surface area (Å²) < 4.78 is 10.6. The van der Waals surface area contributed by atoms with Crippen molar-refractivity contribution in [2.24, 2.45) is 5.92 Å². The number of anilines is 1. The normalized spacial score (nSPS) is 14.3. The van der Waals surface area contributed by atoms with Gasteiger partial charge in [-0.05, 0) is 36.6 Å². The molecule has 0 aliphatic heterocycles. The van der Waals surface area contributed by atoms with Gasteiger partial charge >= 0.3 is 0 Å². The standard InChI is InChI=1S/C18H17N3O3/c22-18(12-6-3-7-12)19-14-8-2-1-5-13(14)11-16-20-17(21-24-16)15-9-4-10-23-15/h1-2,4-5,8-10,12H,3,6-7,11H2,(H,19,22). The van der Waals surface area contributed by atoms with E-state index in [1.165, 1.54) is 0 Å². The first kappa shape index (κ1) is 14.7. The van der Waals surface area contributed by atoms with E-state index >= 15 is 0 Å². The molecule has 1 aromatic carbocycles. The molecule has 1 aliphatic carbocycles. The molecule has 4 rings (SSSR count). The van der Waals surface area contributed by atoms with E-state index in [4.69, 9.17) is 8.94 Å². The van der Waals surface area contributed by atoms with E-state index < -0.39 is 0 Å². The minimum atomic E-state index is 0.0931. The summed E-state index contributed by atoms with van der Waals surface area (Å²) in [6.45, 7) is 0. The van der Waals surface area contributed by atoms with Gasteiger partial charge in [0.25, 0.3) is 0 Å². The second-order valence-corrected chi connectivity index (χ2v) is 5.94. The highest BCUT2D eigenvalue weighted by atomic mass is 16.5. The van der Waals surface area contributed by atoms with Gasteiger partial charge in [0.05, 0.1) is 12.7 Å². The Balaban J connectivity index is 1.51. The summed E-state index contributed by atoms with van der Waals surface area (Å²) in [4.78, 5) is 16.5. The lowest BCUT2D eigenvalue weighted by molar-refractivity contribution is -0.122. The predicted octanol–water partition coefficient (Wildman–Crippen LogP) is 3.66. The summed E-state index contributed by atoms with van der Waals surface area (Å²) in [7, 11) is 0. The van der Waals surface area contributed by atoms with Crippen molar-refractivity contribution in [2.75, 3.05) is 5.32 Å². The zero-order chi connectivity index (χ0) is 16.4. The van der Waals surface area contributed by atoms with Gasteiger partial charge in [-0.15, -0.1) is 0 Å². The summed E-state index contributed by atoms with van der Waals surface area (Å²) in [5.74, 6) is 1.71. The van der Waals surface area contributed by atoms with Crippen LogP contribution in [0.25, 0.3) is 11.6 Å². The van der Waals surface area contributed by atoms with Gasteiger partial charge in [0.1, 0.15) is 0 Å². The van der Waals surface area contributed by atoms with Crippen molar-refractivity contribution >= 4 is 11.6 Å². The van der Waals surface area contributed by atoms with Gasteiger partial charge in [-0.25, -0.2) is 0 Å². The van der Waals surface area contributed by atoms with Crippen LogP contribution in [0.4, 0.5) is 5.69 Å². The molecule has 0 unspecified atom stereocenters. The van der Waals surface area contributed by atoms with E-state index in [2.05, 4.69) is 15.5 Å². The van der Waals surface area contributed by atoms with Crippen LogP contribution in [0.3, 0.4) is 0 Å². The fourth-order valence-corrected chi connectivity index (χ4v) is 2.70. The first-order valence-corrected chi connectivity index (χ1v) is 8.05. The molecule has 6 heteroatoms. The Morgan fingerprint density at radius 1 is 1.21 bits per heavy atom. The molecule has 122 valence electrons. The number of carbonyl (C=O) groups excluding carboxylic acids is 1. The number of hydrogen-bond acceptors (Lipinski definition) is 5. The van der Waals surface area contributed by atoms with Crippen LogP contribution in [0.5, 0.6) is 0 Å². The molecule has 1 aliphatic rings. The van der Waals surface area contributed by atoms with Crippen molar-refractivity contribution in [3.05, 3.63) is 54.1 Å². The summed E-state index contributed by atoms with van der Waals surface area (Å²) >= 11 is 0. The van der Waals surface area contributed by atoms with Crippen molar-refractivity contribution < 1.29 is 13.7 Å². The summed E-state index contributed by atoms with van der Waals surface area (Å²) in [5.41, 5.74) is 1.74. The third-order valence-electron chi connectivity index (χ3n) is 4.30. The number of hydrogen-bond donors (Lipinski definition) is 1. The maximum Gasteiger partial charge on any atom is 0.238 e. The quantitative estimate of drug-likeness (QED) is 0.775. The second-order valence-electron chi connectivity index (χ2n) is 5.94. The van der Waals surface area contributed by atoms with Gasteiger partial charge in [0.2, 0.25) is 17.6 Å². The molecule has 2 aromatic heterocycles. The van der Waals surface area contributed by atoms with E-state index in [9.17, 15) is 4.79 Å². The van der Waals surface area contributed by atoms with Crippen LogP contribution >= 0.6 is 0 Å². The molecule has 24 heavy (non-hydrogen) atoms. The highest BCUT2D eigenvalue weighted by Gasteiger charge is 2.25. The minimum Gasteiger partial charge on any atom is -0.461 e. The second kappa shape index (κ2) is 6.31. The maximum absolute atomic E-state index is 12.2. The lowest BCUT2D eigenvalue weighted by Crippen LogP contribution is -2.28. The molecule has 1 saturated carbocycles. The molecule has 0 atom stereocenters. The Morgan fingerprint density at radius 3 is 2.83 bits per heavy atom. The predicted molar refractivity (Wildman–Crippen MR) is 87.2 cm³/mol. The maximum atomic E-state index is 12.2. The van der Waals surface area contributed by atoms with Crippen LogP contribution in [0.1, 0.15) is 30.7 Å². The van der Waals surface area contributed by atoms with Crippen molar-refractivity contribution in [1.29, 1.82) is 0 Å². The zero-order valence-electron chi connectivity index (χ0n) is 13.1. The number of aromatic nitrogens is 2. The molecule has 0 radical (unpaired) electrons. The number of nitrogens with zero attached hydrogens (tertiary/aromatic N) is 2. The van der Waals surface area contributed by atoms with Gasteiger partial charge in [-0.3, -0.25) is 4.79 Å². The van der Waals surface area contributed by atoms with Crippen molar-refractivity contribution in [3.63, 3.8) is 0 Å². The highest BCUT2D eigenvalue weighted by molar-refractivity contribution is 5.93. The lowest BCUT2D eigenvalue weighted by Gasteiger charge is -2.24. The summed E-state index contributed by atoms with van der Waals surface area (Å²) in [5, 5.41) is 6.95. The molecule has 3 aromatic rings. The molecule has 1 N–H and O–H groups in total. The number of para-hydroxylation sites is 1. The first-order valence-electron chi connectivity index (χ1n) is 8.05. The van der Waals surface area contributed by atoms with E-state index in [1.54, 1.807) is 18.4 Å². The molecule has 6 nitrogen and oxygen atoms in total. The number of carbonyl (C=O) groups is 1. The summed E-state index contributed by atoms with van der Waals surface area (Å²) in [6, 6.07) is 11.2. The number of benzene rings is 1. The van der Waals surface area contributed by atoms with E-state index in [1.807, 2.05) is 24.3 Å². The Hall–Kier alpha value is -2.89. The fourth-order valence-electron chi connectivity index (χ4n) is 2.70. The molecule has 2 heterocycles. The largest absolute Gasteiger partial charge is 0.461 e. The third-order valence-corrected chi connectivity index (χ3v) is 4.30. The van der Waals surface area contributed by atoms with Crippen molar-refractivity contribution in [3.8, 4) is 11.6 Å². The van der Waals surface area contributed by atoms with Crippen LogP contribution in [0, 0.1) is 5.92 Å². The summed E-state index contributed by atoms with van der Waals surface area (Å²) in [6.07, 6.45) is 5.11. The minimum absolute atomic E-state index is 0.0931. The Labute approximate surface area is 138 Å². The van der Waals surface area contributed by atoms with Gasteiger partial charge in [-0.1, -0.05) is 29.8 Å². The topological polar surface area (TPSA) is 81.2 Å². The van der Waals surface area contributed by atoms with Crippen molar-refractivity contribution in [2.45, 2.75) is 25.7 Å². The van der Waals surface area contributed by atoms with Gasteiger partial charge in [0, 0.05) is 11.6 Å². The zero-order valence-corrected chi connectivity index (χ0v) is 13.1. The number of rotatable bonds is 5. The van der Waals surface area contributed by atoms with Gasteiger partial charge in [0.15, 0.2) is 5.76 Å². The van der Waals surface area contributed by atoms with Gasteiger partial charge < -0.3 is 14.3 Å².